The maximum absolute atomic E-state index is 5.96. The number of anilines is 3. The lowest BCUT2D eigenvalue weighted by atomic mass is 10.0. The largest absolute Gasteiger partial charge is 0.399 e. The standard InChI is InChI=1S/C13H15N3/c1-16-11-5-6-13(15)12(8-11)9-3-2-4-10(14)7-9/h2-8,16H,14-15H2,1H3. The van der Waals surface area contributed by atoms with Gasteiger partial charge in [-0.05, 0) is 35.9 Å². The van der Waals surface area contributed by atoms with Crippen LogP contribution in [0.4, 0.5) is 17.1 Å². The van der Waals surface area contributed by atoms with E-state index in [2.05, 4.69) is 5.32 Å². The third-order valence-electron chi connectivity index (χ3n) is 2.54. The Kier molecular flexibility index (Phi) is 2.68. The minimum absolute atomic E-state index is 0.742. The van der Waals surface area contributed by atoms with Crippen LogP contribution in [0.25, 0.3) is 11.1 Å². The van der Waals surface area contributed by atoms with E-state index < -0.39 is 0 Å². The van der Waals surface area contributed by atoms with E-state index in [0.29, 0.717) is 0 Å². The number of nitrogen functional groups attached to an aromatic ring is 2. The summed E-state index contributed by atoms with van der Waals surface area (Å²) in [7, 11) is 1.88. The van der Waals surface area contributed by atoms with Crippen LogP contribution in [-0.4, -0.2) is 7.05 Å². The number of rotatable bonds is 2. The molecule has 0 saturated heterocycles. The first kappa shape index (κ1) is 10.4. The number of hydrogen-bond acceptors (Lipinski definition) is 3. The molecule has 0 amide bonds. The monoisotopic (exact) mass is 213 g/mol. The van der Waals surface area contributed by atoms with Crippen molar-refractivity contribution in [3.63, 3.8) is 0 Å². The van der Waals surface area contributed by atoms with Gasteiger partial charge in [0.15, 0.2) is 0 Å². The molecule has 0 saturated carbocycles. The maximum Gasteiger partial charge on any atom is 0.0395 e. The molecular formula is C13H15N3. The van der Waals surface area contributed by atoms with E-state index in [1.807, 2.05) is 49.5 Å². The van der Waals surface area contributed by atoms with Crippen LogP contribution in [0.1, 0.15) is 0 Å². The number of hydrogen-bond donors (Lipinski definition) is 3. The summed E-state index contributed by atoms with van der Waals surface area (Å²) in [5.41, 5.74) is 16.3. The summed E-state index contributed by atoms with van der Waals surface area (Å²) in [6.45, 7) is 0. The third-order valence-corrected chi connectivity index (χ3v) is 2.54. The molecule has 0 heterocycles. The zero-order chi connectivity index (χ0) is 11.5. The van der Waals surface area contributed by atoms with Crippen LogP contribution in [0, 0.1) is 0 Å². The van der Waals surface area contributed by atoms with Crippen molar-refractivity contribution in [1.29, 1.82) is 0 Å². The van der Waals surface area contributed by atoms with Crippen LogP contribution in [0.15, 0.2) is 42.5 Å². The Bertz CT molecular complexity index is 506. The van der Waals surface area contributed by atoms with Gasteiger partial charge in [0.1, 0.15) is 0 Å². The highest BCUT2D eigenvalue weighted by Gasteiger charge is 2.03. The van der Waals surface area contributed by atoms with Crippen molar-refractivity contribution in [1.82, 2.24) is 0 Å². The first-order valence-corrected chi connectivity index (χ1v) is 5.14. The molecule has 2 aromatic rings. The molecule has 0 radical (unpaired) electrons. The highest BCUT2D eigenvalue weighted by molar-refractivity contribution is 5.80. The highest BCUT2D eigenvalue weighted by atomic mass is 14.8. The molecule has 0 spiro atoms. The molecule has 0 aliphatic rings. The van der Waals surface area contributed by atoms with Gasteiger partial charge in [-0.15, -0.1) is 0 Å². The van der Waals surface area contributed by atoms with Gasteiger partial charge < -0.3 is 16.8 Å². The van der Waals surface area contributed by atoms with Crippen molar-refractivity contribution in [3.8, 4) is 11.1 Å². The molecule has 0 aromatic heterocycles. The Morgan fingerprint density at radius 3 is 2.50 bits per heavy atom. The van der Waals surface area contributed by atoms with Gasteiger partial charge in [0.25, 0.3) is 0 Å². The zero-order valence-corrected chi connectivity index (χ0v) is 9.20. The molecule has 82 valence electrons. The van der Waals surface area contributed by atoms with Crippen LogP contribution in [0.5, 0.6) is 0 Å². The summed E-state index contributed by atoms with van der Waals surface area (Å²) in [6.07, 6.45) is 0. The first-order valence-electron chi connectivity index (χ1n) is 5.14. The van der Waals surface area contributed by atoms with Crippen molar-refractivity contribution in [3.05, 3.63) is 42.5 Å². The molecule has 0 unspecified atom stereocenters. The van der Waals surface area contributed by atoms with Crippen molar-refractivity contribution in [2.24, 2.45) is 0 Å². The Labute approximate surface area is 95.1 Å². The number of nitrogens with one attached hydrogen (secondary N) is 1. The van der Waals surface area contributed by atoms with Gasteiger partial charge in [-0.3, -0.25) is 0 Å². The van der Waals surface area contributed by atoms with Crippen LogP contribution in [0.2, 0.25) is 0 Å². The highest BCUT2D eigenvalue weighted by Crippen LogP contribution is 2.29. The Morgan fingerprint density at radius 1 is 1.00 bits per heavy atom. The lowest BCUT2D eigenvalue weighted by Gasteiger charge is -2.09. The minimum Gasteiger partial charge on any atom is -0.399 e. The summed E-state index contributed by atoms with van der Waals surface area (Å²) in [5, 5.41) is 3.09. The zero-order valence-electron chi connectivity index (χ0n) is 9.20. The number of benzene rings is 2. The van der Waals surface area contributed by atoms with Crippen LogP contribution >= 0.6 is 0 Å². The minimum atomic E-state index is 0.742. The van der Waals surface area contributed by atoms with Crippen LogP contribution < -0.4 is 16.8 Å². The molecule has 3 heteroatoms. The van der Waals surface area contributed by atoms with Gasteiger partial charge in [0.2, 0.25) is 0 Å². The van der Waals surface area contributed by atoms with E-state index in [4.69, 9.17) is 11.5 Å². The summed E-state index contributed by atoms with van der Waals surface area (Å²) >= 11 is 0. The van der Waals surface area contributed by atoms with Gasteiger partial charge in [0.05, 0.1) is 0 Å². The smallest absolute Gasteiger partial charge is 0.0395 e. The fourth-order valence-electron chi connectivity index (χ4n) is 1.67. The second kappa shape index (κ2) is 4.14. The van der Waals surface area contributed by atoms with Crippen molar-refractivity contribution in [2.45, 2.75) is 0 Å². The summed E-state index contributed by atoms with van der Waals surface area (Å²) < 4.78 is 0. The Morgan fingerprint density at radius 2 is 1.81 bits per heavy atom. The first-order chi connectivity index (χ1) is 7.70. The van der Waals surface area contributed by atoms with E-state index >= 15 is 0 Å². The fraction of sp³-hybridized carbons (Fsp3) is 0.0769. The van der Waals surface area contributed by atoms with Gasteiger partial charge >= 0.3 is 0 Å². The second-order valence-corrected chi connectivity index (χ2v) is 3.68. The molecule has 0 aliphatic carbocycles. The van der Waals surface area contributed by atoms with Crippen molar-refractivity contribution < 1.29 is 0 Å². The Balaban J connectivity index is 2.54. The molecule has 3 nitrogen and oxygen atoms in total. The average molecular weight is 213 g/mol. The van der Waals surface area contributed by atoms with E-state index in [-0.39, 0.29) is 0 Å². The van der Waals surface area contributed by atoms with E-state index in [0.717, 1.165) is 28.2 Å². The van der Waals surface area contributed by atoms with Gasteiger partial charge in [0, 0.05) is 29.7 Å². The summed E-state index contributed by atoms with van der Waals surface area (Å²) in [6, 6.07) is 13.6. The molecule has 2 aromatic carbocycles. The van der Waals surface area contributed by atoms with Crippen LogP contribution in [0.3, 0.4) is 0 Å². The molecule has 0 atom stereocenters. The third kappa shape index (κ3) is 1.93. The number of nitrogens with two attached hydrogens (primary N) is 2. The molecule has 16 heavy (non-hydrogen) atoms. The van der Waals surface area contributed by atoms with Crippen LogP contribution in [-0.2, 0) is 0 Å². The molecule has 2 rings (SSSR count). The molecular weight excluding hydrogens is 198 g/mol. The average Bonchev–Trinajstić information content (AvgIpc) is 2.30. The lowest BCUT2D eigenvalue weighted by Crippen LogP contribution is -1.94. The summed E-state index contributed by atoms with van der Waals surface area (Å²) in [4.78, 5) is 0. The van der Waals surface area contributed by atoms with Gasteiger partial charge in [-0.1, -0.05) is 12.1 Å². The predicted octanol–water partition coefficient (Wildman–Crippen LogP) is 2.56. The van der Waals surface area contributed by atoms with E-state index in [1.54, 1.807) is 0 Å². The van der Waals surface area contributed by atoms with Gasteiger partial charge in [-0.25, -0.2) is 0 Å². The lowest BCUT2D eigenvalue weighted by molar-refractivity contribution is 1.50. The molecule has 0 bridgehead atoms. The second-order valence-electron chi connectivity index (χ2n) is 3.68. The fourth-order valence-corrected chi connectivity index (χ4v) is 1.67. The van der Waals surface area contributed by atoms with Crippen molar-refractivity contribution >= 4 is 17.1 Å². The normalized spacial score (nSPS) is 10.1. The summed E-state index contributed by atoms with van der Waals surface area (Å²) in [5.74, 6) is 0. The predicted molar refractivity (Wildman–Crippen MR) is 70.2 cm³/mol. The topological polar surface area (TPSA) is 64.1 Å². The van der Waals surface area contributed by atoms with E-state index in [1.165, 1.54) is 0 Å². The Hall–Kier alpha value is -2.16. The van der Waals surface area contributed by atoms with Gasteiger partial charge in [-0.2, -0.15) is 0 Å². The molecule has 0 aliphatic heterocycles. The van der Waals surface area contributed by atoms with Crippen molar-refractivity contribution in [2.75, 3.05) is 23.8 Å². The molecule has 0 fully saturated rings. The quantitative estimate of drug-likeness (QED) is 0.672. The SMILES string of the molecule is CNc1ccc(N)c(-c2cccc(N)c2)c1. The maximum atomic E-state index is 5.96. The van der Waals surface area contributed by atoms with E-state index in [9.17, 15) is 0 Å². The molecule has 5 N–H and O–H groups in total.